The lowest BCUT2D eigenvalue weighted by molar-refractivity contribution is 0.482. The molecule has 0 atom stereocenters. The average molecular weight is 215 g/mol. The Morgan fingerprint density at radius 1 is 1.29 bits per heavy atom. The van der Waals surface area contributed by atoms with Crippen molar-refractivity contribution >= 4 is 15.8 Å². The third-order valence-corrected chi connectivity index (χ3v) is 2.16. The van der Waals surface area contributed by atoms with Gasteiger partial charge in [-0.15, -0.1) is 5.11 Å². The average Bonchev–Trinajstić information content (AvgIpc) is 2.06. The van der Waals surface area contributed by atoms with E-state index in [-0.39, 0.29) is 0 Å². The number of nitrogens with two attached hydrogens (primary N) is 1. The first-order valence-electron chi connectivity index (χ1n) is 3.66. The highest BCUT2D eigenvalue weighted by Gasteiger charge is 2.05. The fraction of sp³-hybridized carbons (Fsp3) is 0.143. The maximum Gasteiger partial charge on any atom is 0.269 e. The van der Waals surface area contributed by atoms with Crippen LogP contribution in [-0.4, -0.2) is 13.0 Å². The Morgan fingerprint density at radius 2 is 1.86 bits per heavy atom. The Kier molecular flexibility index (Phi) is 3.15. The minimum Gasteiger partial charge on any atom is -0.305 e. The molecular weight excluding hydrogens is 206 g/mol. The molecule has 0 fully saturated rings. The molecule has 6 nitrogen and oxygen atoms in total. The van der Waals surface area contributed by atoms with E-state index >= 15 is 0 Å². The molecule has 0 spiro atoms. The SMILES string of the molecule is NN=Nc1ccc(CS(=O)(=O)O)cc1. The molecule has 0 aliphatic carbocycles. The van der Waals surface area contributed by atoms with E-state index in [9.17, 15) is 8.42 Å². The molecule has 0 unspecified atom stereocenters. The minimum atomic E-state index is -3.98. The van der Waals surface area contributed by atoms with E-state index in [1.54, 1.807) is 12.1 Å². The molecule has 14 heavy (non-hydrogen) atoms. The molecule has 0 heterocycles. The molecule has 0 bridgehead atoms. The highest BCUT2D eigenvalue weighted by atomic mass is 32.2. The van der Waals surface area contributed by atoms with Gasteiger partial charge in [-0.25, -0.2) is 0 Å². The molecule has 0 amide bonds. The molecule has 0 radical (unpaired) electrons. The molecule has 3 N–H and O–H groups in total. The quantitative estimate of drug-likeness (QED) is 0.340. The van der Waals surface area contributed by atoms with Crippen molar-refractivity contribution in [1.82, 2.24) is 0 Å². The van der Waals surface area contributed by atoms with Gasteiger partial charge in [-0.05, 0) is 17.7 Å². The van der Waals surface area contributed by atoms with Crippen molar-refractivity contribution in [3.05, 3.63) is 29.8 Å². The largest absolute Gasteiger partial charge is 0.305 e. The van der Waals surface area contributed by atoms with E-state index in [0.29, 0.717) is 11.3 Å². The van der Waals surface area contributed by atoms with E-state index in [1.807, 2.05) is 0 Å². The van der Waals surface area contributed by atoms with Crippen molar-refractivity contribution < 1.29 is 13.0 Å². The van der Waals surface area contributed by atoms with Gasteiger partial charge in [0.2, 0.25) is 0 Å². The third kappa shape index (κ3) is 3.50. The molecule has 0 aromatic heterocycles. The topological polar surface area (TPSA) is 105 Å². The Morgan fingerprint density at radius 3 is 2.29 bits per heavy atom. The third-order valence-electron chi connectivity index (χ3n) is 1.46. The summed E-state index contributed by atoms with van der Waals surface area (Å²) in [6.45, 7) is 0. The molecule has 0 saturated heterocycles. The van der Waals surface area contributed by atoms with Crippen molar-refractivity contribution in [2.45, 2.75) is 5.75 Å². The summed E-state index contributed by atoms with van der Waals surface area (Å²) in [5.74, 6) is 4.41. The van der Waals surface area contributed by atoms with Gasteiger partial charge in [0.15, 0.2) is 0 Å². The van der Waals surface area contributed by atoms with Gasteiger partial charge < -0.3 is 5.84 Å². The number of hydrogen-bond donors (Lipinski definition) is 2. The summed E-state index contributed by atoms with van der Waals surface area (Å²) < 4.78 is 29.6. The second-order valence-electron chi connectivity index (χ2n) is 2.61. The zero-order valence-electron chi connectivity index (χ0n) is 7.16. The Bertz CT molecular complexity index is 424. The summed E-state index contributed by atoms with van der Waals surface area (Å²) in [7, 11) is -3.98. The van der Waals surface area contributed by atoms with Crippen molar-refractivity contribution in [2.24, 2.45) is 16.2 Å². The van der Waals surface area contributed by atoms with Gasteiger partial charge in [0, 0.05) is 0 Å². The number of rotatable bonds is 3. The van der Waals surface area contributed by atoms with Crippen molar-refractivity contribution in [3.8, 4) is 0 Å². The Hall–Kier alpha value is -1.47. The fourth-order valence-electron chi connectivity index (χ4n) is 0.936. The van der Waals surface area contributed by atoms with E-state index < -0.39 is 15.9 Å². The molecule has 1 aromatic rings. The second-order valence-corrected chi connectivity index (χ2v) is 4.06. The zero-order valence-corrected chi connectivity index (χ0v) is 7.98. The summed E-state index contributed by atoms with van der Waals surface area (Å²) in [6, 6.07) is 6.16. The van der Waals surface area contributed by atoms with Crippen LogP contribution in [0, 0.1) is 0 Å². The Balaban J connectivity index is 2.84. The van der Waals surface area contributed by atoms with Crippen molar-refractivity contribution in [2.75, 3.05) is 0 Å². The standard InChI is InChI=1S/C7H9N3O3S/c8-10-9-7-3-1-6(2-4-7)5-14(11,12)13/h1-4H,5H2,(H2,8,9)(H,11,12,13). The van der Waals surface area contributed by atoms with Crippen LogP contribution >= 0.6 is 0 Å². The van der Waals surface area contributed by atoms with Crippen LogP contribution in [0.5, 0.6) is 0 Å². The molecule has 76 valence electrons. The lowest BCUT2D eigenvalue weighted by Crippen LogP contribution is -2.00. The van der Waals surface area contributed by atoms with E-state index in [0.717, 1.165) is 0 Å². The van der Waals surface area contributed by atoms with Crippen LogP contribution in [0.3, 0.4) is 0 Å². The lowest BCUT2D eigenvalue weighted by Gasteiger charge is -1.97. The van der Waals surface area contributed by atoms with Gasteiger partial charge in [0.1, 0.15) is 5.75 Å². The summed E-state index contributed by atoms with van der Waals surface area (Å²) in [5.41, 5.74) is 0.995. The van der Waals surface area contributed by atoms with Gasteiger partial charge in [0.05, 0.1) is 5.69 Å². The molecule has 1 rings (SSSR count). The number of nitrogens with zero attached hydrogens (tertiary/aromatic N) is 2. The molecule has 0 aliphatic heterocycles. The summed E-state index contributed by atoms with van der Waals surface area (Å²) in [5, 5.41) is 6.60. The van der Waals surface area contributed by atoms with E-state index in [1.165, 1.54) is 12.1 Å². The predicted octanol–water partition coefficient (Wildman–Crippen LogP) is 1.03. The van der Waals surface area contributed by atoms with Crippen LogP contribution in [0.4, 0.5) is 5.69 Å². The maximum absolute atomic E-state index is 10.5. The van der Waals surface area contributed by atoms with Gasteiger partial charge in [-0.3, -0.25) is 4.55 Å². The molecule has 7 heteroatoms. The van der Waals surface area contributed by atoms with Gasteiger partial charge >= 0.3 is 0 Å². The van der Waals surface area contributed by atoms with Crippen LogP contribution in [-0.2, 0) is 15.9 Å². The summed E-state index contributed by atoms with van der Waals surface area (Å²) in [4.78, 5) is 0. The Labute approximate surface area is 81.2 Å². The van der Waals surface area contributed by atoms with Crippen LogP contribution in [0.25, 0.3) is 0 Å². The molecule has 1 aromatic carbocycles. The fourth-order valence-corrected chi connectivity index (χ4v) is 1.55. The van der Waals surface area contributed by atoms with Crippen molar-refractivity contribution in [3.63, 3.8) is 0 Å². The van der Waals surface area contributed by atoms with E-state index in [2.05, 4.69) is 10.3 Å². The van der Waals surface area contributed by atoms with E-state index in [4.69, 9.17) is 10.4 Å². The summed E-state index contributed by atoms with van der Waals surface area (Å²) >= 11 is 0. The van der Waals surface area contributed by atoms with Gasteiger partial charge in [0.25, 0.3) is 10.1 Å². The maximum atomic E-state index is 10.5. The zero-order chi connectivity index (χ0) is 10.6. The number of benzene rings is 1. The first kappa shape index (κ1) is 10.6. The molecule has 0 saturated carbocycles. The smallest absolute Gasteiger partial charge is 0.269 e. The molecule has 0 aliphatic rings. The van der Waals surface area contributed by atoms with Gasteiger partial charge in [-0.2, -0.15) is 8.42 Å². The lowest BCUT2D eigenvalue weighted by atomic mass is 10.2. The molecular formula is C7H9N3O3S. The van der Waals surface area contributed by atoms with Crippen LogP contribution in [0.15, 0.2) is 34.6 Å². The first-order chi connectivity index (χ1) is 6.51. The predicted molar refractivity (Wildman–Crippen MR) is 50.4 cm³/mol. The monoisotopic (exact) mass is 215 g/mol. The minimum absolute atomic E-state index is 0.410. The first-order valence-corrected chi connectivity index (χ1v) is 5.27. The highest BCUT2D eigenvalue weighted by Crippen LogP contribution is 2.14. The summed E-state index contributed by atoms with van der Waals surface area (Å²) in [6.07, 6.45) is 0. The van der Waals surface area contributed by atoms with Crippen LogP contribution in [0.1, 0.15) is 5.56 Å². The number of hydrogen-bond acceptors (Lipinski definition) is 4. The van der Waals surface area contributed by atoms with Gasteiger partial charge in [-0.1, -0.05) is 17.4 Å². The normalized spacial score (nSPS) is 12.1. The van der Waals surface area contributed by atoms with Crippen LogP contribution < -0.4 is 5.84 Å². The second kappa shape index (κ2) is 4.16. The highest BCUT2D eigenvalue weighted by molar-refractivity contribution is 7.85. The van der Waals surface area contributed by atoms with Crippen LogP contribution in [0.2, 0.25) is 0 Å². The van der Waals surface area contributed by atoms with Crippen molar-refractivity contribution in [1.29, 1.82) is 0 Å².